The molecule has 128 valence electrons. The van der Waals surface area contributed by atoms with Gasteiger partial charge in [0.05, 0.1) is 5.56 Å². The molecule has 1 N–H and O–H groups in total. The van der Waals surface area contributed by atoms with Gasteiger partial charge in [-0.3, -0.25) is 4.79 Å². The number of alkyl halides is 3. The second-order valence-electron chi connectivity index (χ2n) is 5.44. The second kappa shape index (κ2) is 7.11. The third-order valence-corrected chi connectivity index (χ3v) is 4.58. The molecule has 0 aliphatic rings. The molecule has 2 aromatic carbocycles. The van der Waals surface area contributed by atoms with E-state index in [4.69, 9.17) is 0 Å². The summed E-state index contributed by atoms with van der Waals surface area (Å²) in [6, 6.07) is 16.0. The van der Waals surface area contributed by atoms with Crippen molar-refractivity contribution in [2.24, 2.45) is 0 Å². The van der Waals surface area contributed by atoms with Gasteiger partial charge < -0.3 is 5.32 Å². The average molecular weight is 361 g/mol. The van der Waals surface area contributed by atoms with E-state index in [1.54, 1.807) is 29.5 Å². The first-order chi connectivity index (χ1) is 11.9. The highest BCUT2D eigenvalue weighted by molar-refractivity contribution is 7.13. The van der Waals surface area contributed by atoms with Crippen LogP contribution in [0.2, 0.25) is 0 Å². The number of carbonyl (C=O) groups is 1. The first kappa shape index (κ1) is 17.2. The summed E-state index contributed by atoms with van der Waals surface area (Å²) in [5, 5.41) is 4.62. The maximum atomic E-state index is 12.7. The molecule has 0 saturated carbocycles. The van der Waals surface area contributed by atoms with Crippen molar-refractivity contribution >= 4 is 17.2 Å². The van der Waals surface area contributed by atoms with E-state index >= 15 is 0 Å². The molecule has 0 aliphatic heterocycles. The van der Waals surface area contributed by atoms with Crippen LogP contribution in [0.5, 0.6) is 0 Å². The molecule has 0 fully saturated rings. The van der Waals surface area contributed by atoms with Crippen LogP contribution in [-0.4, -0.2) is 5.91 Å². The second-order valence-corrected chi connectivity index (χ2v) is 6.38. The number of benzene rings is 2. The monoisotopic (exact) mass is 361 g/mol. The first-order valence-corrected chi connectivity index (χ1v) is 8.40. The Morgan fingerprint density at radius 2 is 1.76 bits per heavy atom. The van der Waals surface area contributed by atoms with E-state index < -0.39 is 11.7 Å². The summed E-state index contributed by atoms with van der Waals surface area (Å²) < 4.78 is 38.1. The standard InChI is InChI=1S/C19H14F3NOS/c20-19(21,22)16-4-1-3-13(11-16)12-23-18(24)15-8-6-14(7-9-15)17-5-2-10-25-17/h1-11H,12H2,(H,23,24). The third kappa shape index (κ3) is 4.28. The zero-order chi connectivity index (χ0) is 17.9. The number of nitrogens with one attached hydrogen (secondary N) is 1. The maximum absolute atomic E-state index is 12.7. The van der Waals surface area contributed by atoms with Crippen LogP contribution in [0.15, 0.2) is 66.0 Å². The Labute approximate surface area is 146 Å². The van der Waals surface area contributed by atoms with Crippen molar-refractivity contribution in [3.8, 4) is 10.4 Å². The van der Waals surface area contributed by atoms with Crippen LogP contribution >= 0.6 is 11.3 Å². The summed E-state index contributed by atoms with van der Waals surface area (Å²) in [6.45, 7) is 0.0371. The van der Waals surface area contributed by atoms with Crippen molar-refractivity contribution in [3.63, 3.8) is 0 Å². The first-order valence-electron chi connectivity index (χ1n) is 7.52. The molecule has 1 aromatic heterocycles. The lowest BCUT2D eigenvalue weighted by atomic mass is 10.1. The Bertz CT molecular complexity index is 855. The van der Waals surface area contributed by atoms with Gasteiger partial charge in [0, 0.05) is 17.0 Å². The quantitative estimate of drug-likeness (QED) is 0.666. The number of thiophene rings is 1. The molecule has 3 aromatic rings. The minimum atomic E-state index is -4.39. The van der Waals surface area contributed by atoms with Crippen molar-refractivity contribution in [1.29, 1.82) is 0 Å². The highest BCUT2D eigenvalue weighted by Crippen LogP contribution is 2.29. The summed E-state index contributed by atoms with van der Waals surface area (Å²) in [5.74, 6) is -0.324. The number of amides is 1. The molecular formula is C19H14F3NOS. The number of halogens is 3. The van der Waals surface area contributed by atoms with Gasteiger partial charge in [-0.2, -0.15) is 13.2 Å². The van der Waals surface area contributed by atoms with Crippen molar-refractivity contribution in [1.82, 2.24) is 5.32 Å². The minimum absolute atomic E-state index is 0.0371. The number of hydrogen-bond acceptors (Lipinski definition) is 2. The zero-order valence-electron chi connectivity index (χ0n) is 13.0. The molecule has 3 rings (SSSR count). The van der Waals surface area contributed by atoms with E-state index in [2.05, 4.69) is 5.32 Å². The van der Waals surface area contributed by atoms with Crippen LogP contribution in [-0.2, 0) is 12.7 Å². The summed E-state index contributed by atoms with van der Waals surface area (Å²) in [5.41, 5.74) is 1.16. The lowest BCUT2D eigenvalue weighted by molar-refractivity contribution is -0.137. The number of rotatable bonds is 4. The van der Waals surface area contributed by atoms with Crippen LogP contribution in [0.1, 0.15) is 21.5 Å². The van der Waals surface area contributed by atoms with E-state index in [-0.39, 0.29) is 12.5 Å². The van der Waals surface area contributed by atoms with Gasteiger partial charge in [0.1, 0.15) is 0 Å². The van der Waals surface area contributed by atoms with Gasteiger partial charge in [-0.15, -0.1) is 11.3 Å². The predicted octanol–water partition coefficient (Wildman–Crippen LogP) is 5.36. The third-order valence-electron chi connectivity index (χ3n) is 3.66. The highest BCUT2D eigenvalue weighted by Gasteiger charge is 2.30. The van der Waals surface area contributed by atoms with Crippen LogP contribution in [0.3, 0.4) is 0 Å². The Morgan fingerprint density at radius 1 is 1.00 bits per heavy atom. The maximum Gasteiger partial charge on any atom is 0.416 e. The summed E-state index contributed by atoms with van der Waals surface area (Å²) in [6.07, 6.45) is -4.39. The fourth-order valence-corrected chi connectivity index (χ4v) is 3.10. The summed E-state index contributed by atoms with van der Waals surface area (Å²) >= 11 is 1.61. The molecule has 0 atom stereocenters. The van der Waals surface area contributed by atoms with Crippen LogP contribution in [0, 0.1) is 0 Å². The van der Waals surface area contributed by atoms with Gasteiger partial charge in [-0.1, -0.05) is 30.3 Å². The van der Waals surface area contributed by atoms with Crippen LogP contribution < -0.4 is 5.32 Å². The van der Waals surface area contributed by atoms with Crippen molar-refractivity contribution in [2.45, 2.75) is 12.7 Å². The topological polar surface area (TPSA) is 29.1 Å². The molecule has 1 heterocycles. The average Bonchev–Trinajstić information content (AvgIpc) is 3.14. The lowest BCUT2D eigenvalue weighted by Gasteiger charge is -2.10. The van der Waals surface area contributed by atoms with E-state index in [0.29, 0.717) is 11.1 Å². The molecular weight excluding hydrogens is 347 g/mol. The molecule has 2 nitrogen and oxygen atoms in total. The van der Waals surface area contributed by atoms with Crippen LogP contribution in [0.4, 0.5) is 13.2 Å². The Hall–Kier alpha value is -2.60. The number of carbonyl (C=O) groups excluding carboxylic acids is 1. The zero-order valence-corrected chi connectivity index (χ0v) is 13.8. The van der Waals surface area contributed by atoms with Gasteiger partial charge in [0.25, 0.3) is 5.91 Å². The normalized spacial score (nSPS) is 11.3. The largest absolute Gasteiger partial charge is 0.416 e. The van der Waals surface area contributed by atoms with Crippen molar-refractivity contribution < 1.29 is 18.0 Å². The molecule has 0 bridgehead atoms. The van der Waals surface area contributed by atoms with E-state index in [9.17, 15) is 18.0 Å². The Balaban J connectivity index is 1.65. The fourth-order valence-electron chi connectivity index (χ4n) is 2.37. The van der Waals surface area contributed by atoms with Gasteiger partial charge in [-0.05, 0) is 46.8 Å². The Kier molecular flexibility index (Phi) is 4.90. The predicted molar refractivity (Wildman–Crippen MR) is 92.4 cm³/mol. The Morgan fingerprint density at radius 3 is 2.40 bits per heavy atom. The number of hydrogen-bond donors (Lipinski definition) is 1. The smallest absolute Gasteiger partial charge is 0.348 e. The van der Waals surface area contributed by atoms with Crippen LogP contribution in [0.25, 0.3) is 10.4 Å². The molecule has 0 aliphatic carbocycles. The van der Waals surface area contributed by atoms with Gasteiger partial charge in [-0.25, -0.2) is 0 Å². The molecule has 25 heavy (non-hydrogen) atoms. The van der Waals surface area contributed by atoms with Gasteiger partial charge >= 0.3 is 6.18 Å². The molecule has 6 heteroatoms. The highest BCUT2D eigenvalue weighted by atomic mass is 32.1. The van der Waals surface area contributed by atoms with Crippen molar-refractivity contribution in [3.05, 3.63) is 82.7 Å². The van der Waals surface area contributed by atoms with Gasteiger partial charge in [0.2, 0.25) is 0 Å². The van der Waals surface area contributed by atoms with Crippen molar-refractivity contribution in [2.75, 3.05) is 0 Å². The summed E-state index contributed by atoms with van der Waals surface area (Å²) in [4.78, 5) is 13.3. The molecule has 1 amide bonds. The SMILES string of the molecule is O=C(NCc1cccc(C(F)(F)F)c1)c1ccc(-c2cccs2)cc1. The van der Waals surface area contributed by atoms with E-state index in [1.807, 2.05) is 29.6 Å². The molecule has 0 spiro atoms. The lowest BCUT2D eigenvalue weighted by Crippen LogP contribution is -2.22. The fraction of sp³-hybridized carbons (Fsp3) is 0.105. The molecule has 0 saturated heterocycles. The summed E-state index contributed by atoms with van der Waals surface area (Å²) in [7, 11) is 0. The minimum Gasteiger partial charge on any atom is -0.348 e. The van der Waals surface area contributed by atoms with E-state index in [1.165, 1.54) is 6.07 Å². The van der Waals surface area contributed by atoms with E-state index in [0.717, 1.165) is 22.6 Å². The van der Waals surface area contributed by atoms with Gasteiger partial charge in [0.15, 0.2) is 0 Å². The molecule has 0 unspecified atom stereocenters. The molecule has 0 radical (unpaired) electrons.